The monoisotopic (exact) mass is 174 g/mol. The number of amides is 1. The molecule has 1 aromatic rings. The van der Waals surface area contributed by atoms with E-state index in [1.54, 1.807) is 18.2 Å². The van der Waals surface area contributed by atoms with Crippen molar-refractivity contribution in [2.75, 3.05) is 0 Å². The summed E-state index contributed by atoms with van der Waals surface area (Å²) in [6, 6.07) is 9.18. The van der Waals surface area contributed by atoms with Gasteiger partial charge in [0.15, 0.2) is 0 Å². The standard InChI is InChI=1S/C10H10N2O/c1-8(12-7-13)10-4-2-3-9(5-10)6-11/h2-5,7-8H,1H3,(H,12,13)/t8-/m1/s1. The van der Waals surface area contributed by atoms with Crippen LogP contribution in [0.5, 0.6) is 0 Å². The first kappa shape index (κ1) is 9.27. The van der Waals surface area contributed by atoms with Gasteiger partial charge >= 0.3 is 0 Å². The maximum atomic E-state index is 10.2. The molecule has 0 unspecified atom stereocenters. The predicted octanol–water partition coefficient (Wildman–Crippen LogP) is 1.37. The van der Waals surface area contributed by atoms with Crippen molar-refractivity contribution < 1.29 is 4.79 Å². The number of nitrogens with one attached hydrogen (secondary N) is 1. The molecular weight excluding hydrogens is 164 g/mol. The quantitative estimate of drug-likeness (QED) is 0.703. The highest BCUT2D eigenvalue weighted by molar-refractivity contribution is 5.48. The lowest BCUT2D eigenvalue weighted by atomic mass is 10.1. The second-order valence-electron chi connectivity index (χ2n) is 2.74. The van der Waals surface area contributed by atoms with Crippen LogP contribution in [0, 0.1) is 11.3 Å². The van der Waals surface area contributed by atoms with Gasteiger partial charge < -0.3 is 5.32 Å². The van der Waals surface area contributed by atoms with Gasteiger partial charge in [-0.2, -0.15) is 5.26 Å². The lowest BCUT2D eigenvalue weighted by Gasteiger charge is -2.09. The number of rotatable bonds is 3. The SMILES string of the molecule is C[C@@H](NC=O)c1cccc(C#N)c1. The third-order valence-corrected chi connectivity index (χ3v) is 1.83. The van der Waals surface area contributed by atoms with Gasteiger partial charge in [-0.3, -0.25) is 4.79 Å². The maximum absolute atomic E-state index is 10.2. The zero-order valence-corrected chi connectivity index (χ0v) is 7.32. The second-order valence-corrected chi connectivity index (χ2v) is 2.74. The van der Waals surface area contributed by atoms with E-state index in [0.29, 0.717) is 12.0 Å². The summed E-state index contributed by atoms with van der Waals surface area (Å²) in [7, 11) is 0. The number of hydrogen-bond acceptors (Lipinski definition) is 2. The fourth-order valence-electron chi connectivity index (χ4n) is 1.08. The number of nitriles is 1. The van der Waals surface area contributed by atoms with Gasteiger partial charge in [0, 0.05) is 0 Å². The van der Waals surface area contributed by atoms with Crippen LogP contribution < -0.4 is 5.32 Å². The van der Waals surface area contributed by atoms with Gasteiger partial charge in [-0.15, -0.1) is 0 Å². The van der Waals surface area contributed by atoms with Gasteiger partial charge in [-0.05, 0) is 24.6 Å². The fourth-order valence-corrected chi connectivity index (χ4v) is 1.08. The van der Waals surface area contributed by atoms with Crippen molar-refractivity contribution in [3.8, 4) is 6.07 Å². The van der Waals surface area contributed by atoms with E-state index in [9.17, 15) is 4.79 Å². The number of carbonyl (C=O) groups excluding carboxylic acids is 1. The first-order chi connectivity index (χ1) is 6.27. The van der Waals surface area contributed by atoms with Crippen LogP contribution in [0.25, 0.3) is 0 Å². The van der Waals surface area contributed by atoms with Crippen molar-refractivity contribution >= 4 is 6.41 Å². The Morgan fingerprint density at radius 1 is 1.62 bits per heavy atom. The lowest BCUT2D eigenvalue weighted by molar-refractivity contribution is -0.110. The Labute approximate surface area is 77.0 Å². The molecule has 0 bridgehead atoms. The molecule has 13 heavy (non-hydrogen) atoms. The van der Waals surface area contributed by atoms with Crippen molar-refractivity contribution in [1.82, 2.24) is 5.32 Å². The van der Waals surface area contributed by atoms with Gasteiger partial charge in [0.2, 0.25) is 6.41 Å². The van der Waals surface area contributed by atoms with Crippen LogP contribution in [-0.4, -0.2) is 6.41 Å². The Morgan fingerprint density at radius 3 is 3.00 bits per heavy atom. The summed E-state index contributed by atoms with van der Waals surface area (Å²) < 4.78 is 0. The summed E-state index contributed by atoms with van der Waals surface area (Å²) in [5.41, 5.74) is 1.54. The molecule has 1 aromatic carbocycles. The van der Waals surface area contributed by atoms with E-state index in [1.807, 2.05) is 19.1 Å². The normalized spacial score (nSPS) is 11.4. The molecule has 66 valence electrons. The molecule has 0 aliphatic rings. The largest absolute Gasteiger partial charge is 0.352 e. The molecule has 0 aliphatic heterocycles. The van der Waals surface area contributed by atoms with Crippen LogP contribution in [0.3, 0.4) is 0 Å². The first-order valence-corrected chi connectivity index (χ1v) is 3.97. The van der Waals surface area contributed by atoms with Crippen LogP contribution >= 0.6 is 0 Å². The van der Waals surface area contributed by atoms with Gasteiger partial charge in [-0.25, -0.2) is 0 Å². The first-order valence-electron chi connectivity index (χ1n) is 3.97. The molecule has 1 rings (SSSR count). The van der Waals surface area contributed by atoms with Crippen molar-refractivity contribution in [1.29, 1.82) is 5.26 Å². The zero-order chi connectivity index (χ0) is 9.68. The molecule has 1 atom stereocenters. The lowest BCUT2D eigenvalue weighted by Crippen LogP contribution is -2.15. The third kappa shape index (κ3) is 2.31. The molecule has 0 aromatic heterocycles. The minimum Gasteiger partial charge on any atom is -0.352 e. The summed E-state index contributed by atoms with van der Waals surface area (Å²) in [5, 5.41) is 11.3. The Balaban J connectivity index is 2.89. The Morgan fingerprint density at radius 2 is 2.38 bits per heavy atom. The molecule has 0 spiro atoms. The van der Waals surface area contributed by atoms with Crippen LogP contribution in [-0.2, 0) is 4.79 Å². The third-order valence-electron chi connectivity index (χ3n) is 1.83. The van der Waals surface area contributed by atoms with E-state index in [2.05, 4.69) is 5.32 Å². The van der Waals surface area contributed by atoms with E-state index in [0.717, 1.165) is 5.56 Å². The highest BCUT2D eigenvalue weighted by Gasteiger charge is 2.03. The van der Waals surface area contributed by atoms with Crippen LogP contribution in [0.1, 0.15) is 24.1 Å². The van der Waals surface area contributed by atoms with Crippen molar-refractivity contribution in [2.45, 2.75) is 13.0 Å². The Bertz CT molecular complexity index is 341. The van der Waals surface area contributed by atoms with Crippen LogP contribution in [0.15, 0.2) is 24.3 Å². The number of carbonyl (C=O) groups is 1. The second kappa shape index (κ2) is 4.27. The maximum Gasteiger partial charge on any atom is 0.207 e. The molecule has 0 saturated heterocycles. The van der Waals surface area contributed by atoms with Gasteiger partial charge in [0.1, 0.15) is 0 Å². The van der Waals surface area contributed by atoms with E-state index in [4.69, 9.17) is 5.26 Å². The smallest absolute Gasteiger partial charge is 0.207 e. The average molecular weight is 174 g/mol. The number of hydrogen-bond donors (Lipinski definition) is 1. The fraction of sp³-hybridized carbons (Fsp3) is 0.200. The van der Waals surface area contributed by atoms with Crippen LogP contribution in [0.4, 0.5) is 0 Å². The number of nitrogens with zero attached hydrogens (tertiary/aromatic N) is 1. The zero-order valence-electron chi connectivity index (χ0n) is 7.32. The van der Waals surface area contributed by atoms with E-state index >= 15 is 0 Å². The molecule has 0 heterocycles. The molecule has 0 saturated carbocycles. The van der Waals surface area contributed by atoms with E-state index in [-0.39, 0.29) is 6.04 Å². The van der Waals surface area contributed by atoms with Crippen molar-refractivity contribution in [3.05, 3.63) is 35.4 Å². The topological polar surface area (TPSA) is 52.9 Å². The van der Waals surface area contributed by atoms with Crippen molar-refractivity contribution in [2.24, 2.45) is 0 Å². The highest BCUT2D eigenvalue weighted by atomic mass is 16.1. The molecule has 3 heteroatoms. The summed E-state index contributed by atoms with van der Waals surface area (Å²) in [5.74, 6) is 0. The molecular formula is C10H10N2O. The Hall–Kier alpha value is -1.82. The molecule has 1 N–H and O–H groups in total. The summed E-state index contributed by atoms with van der Waals surface area (Å²) >= 11 is 0. The molecule has 0 aliphatic carbocycles. The predicted molar refractivity (Wildman–Crippen MR) is 48.8 cm³/mol. The minimum atomic E-state index is -0.0502. The number of benzene rings is 1. The van der Waals surface area contributed by atoms with Gasteiger partial charge in [-0.1, -0.05) is 12.1 Å². The molecule has 0 radical (unpaired) electrons. The summed E-state index contributed by atoms with van der Waals surface area (Å²) in [4.78, 5) is 10.2. The van der Waals surface area contributed by atoms with E-state index in [1.165, 1.54) is 0 Å². The average Bonchev–Trinajstić information content (AvgIpc) is 2.18. The van der Waals surface area contributed by atoms with E-state index < -0.39 is 0 Å². The van der Waals surface area contributed by atoms with Gasteiger partial charge in [0.25, 0.3) is 0 Å². The minimum absolute atomic E-state index is 0.0502. The van der Waals surface area contributed by atoms with Crippen molar-refractivity contribution in [3.63, 3.8) is 0 Å². The van der Waals surface area contributed by atoms with Crippen LogP contribution in [0.2, 0.25) is 0 Å². The molecule has 0 fully saturated rings. The van der Waals surface area contributed by atoms with Gasteiger partial charge in [0.05, 0.1) is 17.7 Å². The summed E-state index contributed by atoms with van der Waals surface area (Å²) in [6.07, 6.45) is 0.656. The molecule has 1 amide bonds. The summed E-state index contributed by atoms with van der Waals surface area (Å²) in [6.45, 7) is 1.87. The molecule has 3 nitrogen and oxygen atoms in total. The Kier molecular flexibility index (Phi) is 3.04. The highest BCUT2D eigenvalue weighted by Crippen LogP contribution is 2.12.